The molecule has 0 aromatic rings. The van der Waals surface area contributed by atoms with Crippen LogP contribution in [0.25, 0.3) is 0 Å². The normalized spacial score (nSPS) is 18.2. The molecule has 174 valence electrons. The third kappa shape index (κ3) is 8.22. The molecular formula is C21H31NO9. The van der Waals surface area contributed by atoms with Gasteiger partial charge in [-0.1, -0.05) is 13.8 Å². The summed E-state index contributed by atoms with van der Waals surface area (Å²) < 4.78 is 15.1. The Labute approximate surface area is 181 Å². The number of aliphatic hydroxyl groups excluding tert-OH is 1. The van der Waals surface area contributed by atoms with Gasteiger partial charge in [0.05, 0.1) is 25.2 Å². The van der Waals surface area contributed by atoms with Crippen LogP contribution in [-0.2, 0) is 33.4 Å². The fourth-order valence-electron chi connectivity index (χ4n) is 2.98. The van der Waals surface area contributed by atoms with E-state index in [2.05, 4.69) is 0 Å². The van der Waals surface area contributed by atoms with Gasteiger partial charge in [0.25, 0.3) is 0 Å². The highest BCUT2D eigenvalue weighted by molar-refractivity contribution is 6.04. The second-order valence-electron chi connectivity index (χ2n) is 7.56. The Balaban J connectivity index is 2.83. The predicted octanol–water partition coefficient (Wildman–Crippen LogP) is 1.04. The summed E-state index contributed by atoms with van der Waals surface area (Å²) in [5, 5.41) is 8.61. The molecule has 1 aliphatic rings. The fraction of sp³-hybridized carbons (Fsp3) is 0.667. The van der Waals surface area contributed by atoms with Gasteiger partial charge >= 0.3 is 12.1 Å². The zero-order valence-electron chi connectivity index (χ0n) is 18.4. The van der Waals surface area contributed by atoms with Gasteiger partial charge in [0.15, 0.2) is 17.7 Å². The van der Waals surface area contributed by atoms with Crippen LogP contribution in [0.15, 0.2) is 12.2 Å². The average molecular weight is 441 g/mol. The van der Waals surface area contributed by atoms with Gasteiger partial charge < -0.3 is 19.3 Å². The van der Waals surface area contributed by atoms with Gasteiger partial charge in [-0.2, -0.15) is 0 Å². The Kier molecular flexibility index (Phi) is 11.1. The number of amides is 2. The lowest BCUT2D eigenvalue weighted by molar-refractivity contribution is -0.158. The van der Waals surface area contributed by atoms with Gasteiger partial charge in [0.2, 0.25) is 5.91 Å². The van der Waals surface area contributed by atoms with E-state index in [1.165, 1.54) is 6.92 Å². The average Bonchev–Trinajstić information content (AvgIpc) is 3.10. The van der Waals surface area contributed by atoms with Crippen LogP contribution >= 0.6 is 0 Å². The summed E-state index contributed by atoms with van der Waals surface area (Å²) in [6, 6.07) is -0.485. The number of carbonyl (C=O) groups excluding carboxylic acids is 5. The number of nitrogens with zero attached hydrogens (tertiary/aromatic N) is 1. The number of ketones is 2. The third-order valence-corrected chi connectivity index (χ3v) is 4.71. The van der Waals surface area contributed by atoms with Crippen molar-refractivity contribution in [3.63, 3.8) is 0 Å². The summed E-state index contributed by atoms with van der Waals surface area (Å²) in [5.74, 6) is -3.77. The van der Waals surface area contributed by atoms with Gasteiger partial charge in [-0.15, -0.1) is 0 Å². The van der Waals surface area contributed by atoms with Gasteiger partial charge in [-0.05, 0) is 31.4 Å². The lowest BCUT2D eigenvalue weighted by Crippen LogP contribution is -2.48. The van der Waals surface area contributed by atoms with Gasteiger partial charge in [0.1, 0.15) is 6.61 Å². The number of hydrogen-bond donors (Lipinski definition) is 1. The lowest BCUT2D eigenvalue weighted by atomic mass is 9.96. The molecule has 0 saturated carbocycles. The molecule has 0 bridgehead atoms. The maximum atomic E-state index is 12.9. The van der Waals surface area contributed by atoms with Crippen molar-refractivity contribution in [2.24, 2.45) is 11.8 Å². The Bertz CT molecular complexity index is 701. The number of esters is 1. The molecule has 10 heteroatoms. The molecule has 1 fully saturated rings. The van der Waals surface area contributed by atoms with Crippen molar-refractivity contribution in [1.82, 2.24) is 4.90 Å². The molecule has 2 amide bonds. The van der Waals surface area contributed by atoms with E-state index >= 15 is 0 Å². The Morgan fingerprint density at radius 1 is 1.19 bits per heavy atom. The van der Waals surface area contributed by atoms with Crippen LogP contribution in [0.5, 0.6) is 0 Å². The molecule has 1 saturated heterocycles. The number of hydrogen-bond acceptors (Lipinski definition) is 9. The smallest absolute Gasteiger partial charge is 0.416 e. The van der Waals surface area contributed by atoms with E-state index in [1.54, 1.807) is 0 Å². The van der Waals surface area contributed by atoms with Crippen LogP contribution in [0, 0.1) is 11.8 Å². The van der Waals surface area contributed by atoms with Crippen LogP contribution in [0.4, 0.5) is 4.79 Å². The summed E-state index contributed by atoms with van der Waals surface area (Å²) >= 11 is 0. The summed E-state index contributed by atoms with van der Waals surface area (Å²) in [6.07, 6.45) is 0.270. The fourth-order valence-corrected chi connectivity index (χ4v) is 2.98. The van der Waals surface area contributed by atoms with Gasteiger partial charge in [0, 0.05) is 20.0 Å². The molecule has 0 aliphatic carbocycles. The van der Waals surface area contributed by atoms with Crippen molar-refractivity contribution < 1.29 is 43.3 Å². The Morgan fingerprint density at radius 3 is 2.45 bits per heavy atom. The first-order valence-corrected chi connectivity index (χ1v) is 10.2. The van der Waals surface area contributed by atoms with E-state index < -0.39 is 41.8 Å². The maximum absolute atomic E-state index is 12.9. The van der Waals surface area contributed by atoms with Gasteiger partial charge in [-0.3, -0.25) is 19.2 Å². The van der Waals surface area contributed by atoms with E-state index in [1.807, 2.05) is 13.8 Å². The van der Waals surface area contributed by atoms with Crippen molar-refractivity contribution in [2.75, 3.05) is 26.4 Å². The van der Waals surface area contributed by atoms with Crippen molar-refractivity contribution in [2.45, 2.75) is 52.7 Å². The van der Waals surface area contributed by atoms with Crippen LogP contribution in [0.3, 0.4) is 0 Å². The molecule has 1 rings (SSSR count). The minimum absolute atomic E-state index is 0.0531. The number of carbonyl (C=O) groups is 5. The van der Waals surface area contributed by atoms with Crippen molar-refractivity contribution in [3.8, 4) is 0 Å². The molecule has 1 aliphatic heterocycles. The van der Waals surface area contributed by atoms with Crippen molar-refractivity contribution >= 4 is 29.5 Å². The van der Waals surface area contributed by atoms with E-state index in [-0.39, 0.29) is 37.9 Å². The van der Waals surface area contributed by atoms with Crippen molar-refractivity contribution in [1.29, 1.82) is 0 Å². The number of imide groups is 1. The largest absolute Gasteiger partial charge is 0.453 e. The van der Waals surface area contributed by atoms with E-state index in [4.69, 9.17) is 19.3 Å². The van der Waals surface area contributed by atoms with E-state index in [9.17, 15) is 24.0 Å². The molecule has 0 radical (unpaired) electrons. The van der Waals surface area contributed by atoms with Gasteiger partial charge in [-0.25, -0.2) is 9.69 Å². The molecule has 10 nitrogen and oxygen atoms in total. The summed E-state index contributed by atoms with van der Waals surface area (Å²) in [4.78, 5) is 61.9. The number of ether oxygens (including phenoxy) is 3. The molecule has 1 N–H and O–H groups in total. The quantitative estimate of drug-likeness (QED) is 0.252. The van der Waals surface area contributed by atoms with Crippen LogP contribution in [0.2, 0.25) is 0 Å². The Morgan fingerprint density at radius 2 is 1.87 bits per heavy atom. The summed E-state index contributed by atoms with van der Waals surface area (Å²) in [6.45, 7) is 6.55. The highest BCUT2D eigenvalue weighted by Crippen LogP contribution is 2.24. The van der Waals surface area contributed by atoms with E-state index in [0.717, 1.165) is 24.0 Å². The number of rotatable bonds is 13. The molecule has 0 unspecified atom stereocenters. The van der Waals surface area contributed by atoms with Crippen LogP contribution < -0.4 is 0 Å². The molecule has 0 aromatic heterocycles. The zero-order chi connectivity index (χ0) is 23.6. The second kappa shape index (κ2) is 13.0. The Hall–Kier alpha value is -2.59. The SMILES string of the molecule is CC(=O)O[C@H](C(=O)C=CC(=O)CCCOCCO)[C@H](C)C(=O)N1C(=O)OC[C@@H]1C(C)C. The molecule has 1 heterocycles. The predicted molar refractivity (Wildman–Crippen MR) is 108 cm³/mol. The van der Waals surface area contributed by atoms with Crippen LogP contribution in [0.1, 0.15) is 40.5 Å². The standard InChI is InChI=1S/C21H31NO9/c1-13(2)17-12-30-21(28)22(17)20(27)14(3)19(31-15(4)24)18(26)8-7-16(25)6-5-10-29-11-9-23/h7-8,13-14,17,19,23H,5-6,9-12H2,1-4H3/t14-,17+,19-/m0/s1. The van der Waals surface area contributed by atoms with Crippen LogP contribution in [-0.4, -0.2) is 78.1 Å². The molecule has 0 aromatic carbocycles. The molecular weight excluding hydrogens is 410 g/mol. The summed E-state index contributed by atoms with van der Waals surface area (Å²) in [5.41, 5.74) is 0. The first kappa shape index (κ1) is 26.4. The zero-order valence-corrected chi connectivity index (χ0v) is 18.4. The van der Waals surface area contributed by atoms with E-state index in [0.29, 0.717) is 13.0 Å². The lowest BCUT2D eigenvalue weighted by Gasteiger charge is -2.28. The minimum Gasteiger partial charge on any atom is -0.453 e. The highest BCUT2D eigenvalue weighted by atomic mass is 16.6. The highest BCUT2D eigenvalue weighted by Gasteiger charge is 2.44. The monoisotopic (exact) mass is 441 g/mol. The number of aliphatic hydroxyl groups is 1. The number of allylic oxidation sites excluding steroid dienone is 1. The van der Waals surface area contributed by atoms with Crippen molar-refractivity contribution in [3.05, 3.63) is 12.2 Å². The number of cyclic esters (lactones) is 1. The minimum atomic E-state index is -1.48. The molecule has 3 atom stereocenters. The molecule has 0 spiro atoms. The first-order chi connectivity index (χ1) is 14.6. The third-order valence-electron chi connectivity index (χ3n) is 4.71. The topological polar surface area (TPSA) is 137 Å². The first-order valence-electron chi connectivity index (χ1n) is 10.2. The summed E-state index contributed by atoms with van der Waals surface area (Å²) in [7, 11) is 0. The maximum Gasteiger partial charge on any atom is 0.416 e. The molecule has 31 heavy (non-hydrogen) atoms. The second-order valence-corrected chi connectivity index (χ2v) is 7.56.